The van der Waals surface area contributed by atoms with Crippen molar-refractivity contribution in [2.75, 3.05) is 40.3 Å². The second kappa shape index (κ2) is 10.6. The van der Waals surface area contributed by atoms with Crippen molar-refractivity contribution in [3.8, 4) is 11.1 Å². The summed E-state index contributed by atoms with van der Waals surface area (Å²) in [4.78, 5) is 49.2. The van der Waals surface area contributed by atoms with Gasteiger partial charge in [0.1, 0.15) is 13.2 Å². The molecule has 0 radical (unpaired) electrons. The van der Waals surface area contributed by atoms with Crippen LogP contribution in [0.1, 0.15) is 23.5 Å². The Bertz CT molecular complexity index is 1010. The minimum Gasteiger partial charge on any atom is -0.480 e. The maximum atomic E-state index is 12.2. The summed E-state index contributed by atoms with van der Waals surface area (Å²) in [6, 6.07) is 16.1. The average Bonchev–Trinajstić information content (AvgIpc) is 3.10. The number of aliphatic carboxylic acids is 1. The zero-order valence-corrected chi connectivity index (χ0v) is 18.6. The highest BCUT2D eigenvalue weighted by Gasteiger charge is 2.29. The van der Waals surface area contributed by atoms with Gasteiger partial charge in [-0.15, -0.1) is 0 Å². The van der Waals surface area contributed by atoms with Gasteiger partial charge < -0.3 is 25.0 Å². The van der Waals surface area contributed by atoms with Crippen molar-refractivity contribution < 1.29 is 29.0 Å². The number of likely N-dealkylation sites (N-methyl/N-ethyl adjacent to an activating group) is 2. The van der Waals surface area contributed by atoms with Gasteiger partial charge in [-0.05, 0) is 22.3 Å². The van der Waals surface area contributed by atoms with Gasteiger partial charge in [0.2, 0.25) is 11.8 Å². The topological polar surface area (TPSA) is 116 Å². The van der Waals surface area contributed by atoms with E-state index in [0.29, 0.717) is 0 Å². The Kier molecular flexibility index (Phi) is 7.66. The van der Waals surface area contributed by atoms with Gasteiger partial charge in [0.05, 0.1) is 6.54 Å². The smallest absolute Gasteiger partial charge is 0.407 e. The lowest BCUT2D eigenvalue weighted by molar-refractivity contribution is -0.145. The molecule has 2 aromatic rings. The van der Waals surface area contributed by atoms with E-state index in [1.807, 2.05) is 36.4 Å². The number of hydrogen-bond donors (Lipinski definition) is 2. The van der Waals surface area contributed by atoms with Crippen molar-refractivity contribution in [2.45, 2.75) is 12.3 Å². The van der Waals surface area contributed by atoms with Gasteiger partial charge in [-0.1, -0.05) is 48.5 Å². The summed E-state index contributed by atoms with van der Waals surface area (Å²) in [5.74, 6) is -2.03. The van der Waals surface area contributed by atoms with E-state index < -0.39 is 24.5 Å². The Labute approximate surface area is 191 Å². The van der Waals surface area contributed by atoms with Crippen molar-refractivity contribution in [3.05, 3.63) is 59.7 Å². The fraction of sp³-hybridized carbons (Fsp3) is 0.333. The lowest BCUT2D eigenvalue weighted by Crippen LogP contribution is -2.42. The first-order chi connectivity index (χ1) is 15.8. The number of carbonyl (C=O) groups excluding carboxylic acids is 3. The predicted octanol–water partition coefficient (Wildman–Crippen LogP) is 1.92. The predicted molar refractivity (Wildman–Crippen MR) is 121 cm³/mol. The van der Waals surface area contributed by atoms with Crippen LogP contribution in [0.3, 0.4) is 0 Å². The number of ether oxygens (including phenoxy) is 1. The second-order valence-electron chi connectivity index (χ2n) is 7.90. The number of rotatable bonds is 9. The maximum Gasteiger partial charge on any atom is 0.407 e. The molecule has 0 bridgehead atoms. The number of alkyl carbamates (subject to hydrolysis) is 1. The Morgan fingerprint density at radius 2 is 1.42 bits per heavy atom. The molecule has 9 nitrogen and oxygen atoms in total. The van der Waals surface area contributed by atoms with Gasteiger partial charge in [-0.3, -0.25) is 14.4 Å². The normalized spacial score (nSPS) is 11.8. The lowest BCUT2D eigenvalue weighted by atomic mass is 9.98. The standard InChI is InChI=1S/C24H27N3O6/c1-26(13-22(29)27(2)14-23(30)31)21(28)11-12-25-24(32)33-15-20-18-9-5-3-7-16(18)17-8-4-6-10-19(17)20/h3-10,20H,11-15H2,1-2H3,(H,25,32)(H,30,31). The quantitative estimate of drug-likeness (QED) is 0.599. The van der Waals surface area contributed by atoms with Crippen molar-refractivity contribution in [2.24, 2.45) is 0 Å². The Morgan fingerprint density at radius 3 is 2.00 bits per heavy atom. The van der Waals surface area contributed by atoms with Crippen LogP contribution in [0.2, 0.25) is 0 Å². The third-order valence-electron chi connectivity index (χ3n) is 5.55. The van der Waals surface area contributed by atoms with Crippen molar-refractivity contribution in [1.29, 1.82) is 0 Å². The highest BCUT2D eigenvalue weighted by atomic mass is 16.5. The molecule has 2 N–H and O–H groups in total. The highest BCUT2D eigenvalue weighted by Crippen LogP contribution is 2.44. The molecule has 0 atom stereocenters. The Balaban J connectivity index is 1.44. The largest absolute Gasteiger partial charge is 0.480 e. The van der Waals surface area contributed by atoms with E-state index in [4.69, 9.17) is 9.84 Å². The summed E-state index contributed by atoms with van der Waals surface area (Å²) in [5, 5.41) is 11.3. The molecule has 174 valence electrons. The van der Waals surface area contributed by atoms with Crippen LogP contribution < -0.4 is 5.32 Å². The van der Waals surface area contributed by atoms with Crippen LogP contribution in [-0.2, 0) is 19.1 Å². The van der Waals surface area contributed by atoms with E-state index in [1.54, 1.807) is 0 Å². The molecule has 1 aliphatic carbocycles. The molecule has 0 saturated carbocycles. The third-order valence-corrected chi connectivity index (χ3v) is 5.55. The zero-order valence-electron chi connectivity index (χ0n) is 18.6. The first-order valence-corrected chi connectivity index (χ1v) is 10.6. The van der Waals surface area contributed by atoms with Gasteiger partial charge in [0.15, 0.2) is 0 Å². The fourth-order valence-corrected chi connectivity index (χ4v) is 3.81. The molecule has 3 rings (SSSR count). The van der Waals surface area contributed by atoms with Gasteiger partial charge >= 0.3 is 12.1 Å². The molecule has 0 heterocycles. The number of nitrogens with one attached hydrogen (secondary N) is 1. The van der Waals surface area contributed by atoms with E-state index in [-0.39, 0.29) is 37.9 Å². The first-order valence-electron chi connectivity index (χ1n) is 10.6. The number of carboxylic acids is 1. The molecule has 0 aromatic heterocycles. The zero-order chi connectivity index (χ0) is 24.0. The van der Waals surface area contributed by atoms with Crippen LogP contribution in [0, 0.1) is 0 Å². The summed E-state index contributed by atoms with van der Waals surface area (Å²) in [7, 11) is 2.80. The number of carbonyl (C=O) groups is 4. The Morgan fingerprint density at radius 1 is 0.879 bits per heavy atom. The molecule has 9 heteroatoms. The first kappa shape index (κ1) is 23.8. The van der Waals surface area contributed by atoms with Crippen LogP contribution >= 0.6 is 0 Å². The fourth-order valence-electron chi connectivity index (χ4n) is 3.81. The summed E-state index contributed by atoms with van der Waals surface area (Å²) in [5.41, 5.74) is 4.50. The van der Waals surface area contributed by atoms with Crippen LogP contribution in [0.15, 0.2) is 48.5 Å². The number of benzene rings is 2. The highest BCUT2D eigenvalue weighted by molar-refractivity contribution is 5.86. The lowest BCUT2D eigenvalue weighted by Gasteiger charge is -2.21. The van der Waals surface area contributed by atoms with Gasteiger partial charge in [0.25, 0.3) is 0 Å². The molecule has 1 aliphatic rings. The third kappa shape index (κ3) is 5.88. The molecule has 2 aromatic carbocycles. The van der Waals surface area contributed by atoms with E-state index in [2.05, 4.69) is 17.4 Å². The molecular weight excluding hydrogens is 426 g/mol. The van der Waals surface area contributed by atoms with Crippen molar-refractivity contribution in [3.63, 3.8) is 0 Å². The van der Waals surface area contributed by atoms with E-state index in [9.17, 15) is 19.2 Å². The Hall–Kier alpha value is -3.88. The number of amides is 3. The number of nitrogens with zero attached hydrogens (tertiary/aromatic N) is 2. The van der Waals surface area contributed by atoms with Crippen LogP contribution in [-0.4, -0.2) is 79.1 Å². The summed E-state index contributed by atoms with van der Waals surface area (Å²) >= 11 is 0. The van der Waals surface area contributed by atoms with Gasteiger partial charge in [-0.2, -0.15) is 0 Å². The molecule has 0 aliphatic heterocycles. The monoisotopic (exact) mass is 453 g/mol. The van der Waals surface area contributed by atoms with Crippen LogP contribution in [0.25, 0.3) is 11.1 Å². The second-order valence-corrected chi connectivity index (χ2v) is 7.90. The molecule has 3 amide bonds. The average molecular weight is 453 g/mol. The SMILES string of the molecule is CN(CC(=O)O)C(=O)CN(C)C(=O)CCNC(=O)OCC1c2ccccc2-c2ccccc21. The van der Waals surface area contributed by atoms with Crippen LogP contribution in [0.5, 0.6) is 0 Å². The molecule has 33 heavy (non-hydrogen) atoms. The minimum atomic E-state index is -1.13. The van der Waals surface area contributed by atoms with E-state index in [0.717, 1.165) is 27.2 Å². The van der Waals surface area contributed by atoms with Crippen molar-refractivity contribution in [1.82, 2.24) is 15.1 Å². The van der Waals surface area contributed by atoms with Crippen molar-refractivity contribution >= 4 is 23.9 Å². The van der Waals surface area contributed by atoms with E-state index >= 15 is 0 Å². The van der Waals surface area contributed by atoms with Crippen LogP contribution in [0.4, 0.5) is 4.79 Å². The minimum absolute atomic E-state index is 0.0172. The molecule has 0 saturated heterocycles. The number of hydrogen-bond acceptors (Lipinski definition) is 5. The molecule has 0 spiro atoms. The van der Waals surface area contributed by atoms with Gasteiger partial charge in [-0.25, -0.2) is 4.79 Å². The summed E-state index contributed by atoms with van der Waals surface area (Å²) < 4.78 is 5.42. The number of carboxylic acid groups (broad SMARTS) is 1. The van der Waals surface area contributed by atoms with E-state index in [1.165, 1.54) is 19.0 Å². The summed E-state index contributed by atoms with van der Waals surface area (Å²) in [6.45, 7) is -0.450. The molecular formula is C24H27N3O6. The number of fused-ring (bicyclic) bond motifs is 3. The summed E-state index contributed by atoms with van der Waals surface area (Å²) in [6.07, 6.45) is -0.638. The maximum absolute atomic E-state index is 12.2. The molecule has 0 fully saturated rings. The van der Waals surface area contributed by atoms with Gasteiger partial charge in [0, 0.05) is 33.0 Å². The molecule has 0 unspecified atom stereocenters.